The summed E-state index contributed by atoms with van der Waals surface area (Å²) in [5.41, 5.74) is 5.70. The van der Waals surface area contributed by atoms with Gasteiger partial charge in [0.15, 0.2) is 5.11 Å². The second-order valence-electron chi connectivity index (χ2n) is 5.95. The van der Waals surface area contributed by atoms with Crippen LogP contribution < -0.4 is 20.9 Å². The van der Waals surface area contributed by atoms with Crippen LogP contribution in [-0.4, -0.2) is 17.6 Å². The van der Waals surface area contributed by atoms with Crippen molar-refractivity contribution in [3.05, 3.63) is 59.9 Å². The third-order valence-electron chi connectivity index (χ3n) is 3.79. The van der Waals surface area contributed by atoms with E-state index in [0.717, 1.165) is 18.6 Å². The molecule has 5 nitrogen and oxygen atoms in total. The monoisotopic (exact) mass is 389 g/mol. The summed E-state index contributed by atoms with van der Waals surface area (Å²) in [5.74, 6) is -0.0619. The third kappa shape index (κ3) is 7.22. The number of halogens is 1. The molecule has 0 fully saturated rings. The highest BCUT2D eigenvalue weighted by Gasteiger charge is 2.07. The molecule has 0 heterocycles. The molecule has 0 aromatic heterocycles. The number of carbonyl (C=O) groups is 1. The number of thiocarbonyl (C=S) groups is 1. The average Bonchev–Trinajstić information content (AvgIpc) is 2.68. The van der Waals surface area contributed by atoms with Gasteiger partial charge >= 0.3 is 0 Å². The van der Waals surface area contributed by atoms with E-state index < -0.39 is 5.82 Å². The van der Waals surface area contributed by atoms with Crippen LogP contribution >= 0.6 is 12.2 Å². The number of para-hydroxylation sites is 1. The van der Waals surface area contributed by atoms with E-state index in [1.165, 1.54) is 18.9 Å². The molecule has 0 atom stereocenters. The Morgan fingerprint density at radius 3 is 2.48 bits per heavy atom. The largest absolute Gasteiger partial charge is 0.494 e. The minimum atomic E-state index is -0.432. The fourth-order valence-electron chi connectivity index (χ4n) is 2.32. The number of rotatable bonds is 8. The minimum absolute atomic E-state index is 0.0838. The van der Waals surface area contributed by atoms with Crippen LogP contribution in [0.15, 0.2) is 48.5 Å². The fraction of sp³-hybridized carbons (Fsp3) is 0.300. The van der Waals surface area contributed by atoms with Crippen molar-refractivity contribution in [1.29, 1.82) is 0 Å². The molecule has 0 bridgehead atoms. The predicted molar refractivity (Wildman–Crippen MR) is 109 cm³/mol. The van der Waals surface area contributed by atoms with Crippen LogP contribution in [0, 0.1) is 5.82 Å². The second-order valence-corrected chi connectivity index (χ2v) is 6.35. The highest BCUT2D eigenvalue weighted by molar-refractivity contribution is 7.80. The first-order valence-electron chi connectivity index (χ1n) is 8.95. The number of unbranched alkanes of at least 4 members (excludes halogenated alkanes) is 3. The van der Waals surface area contributed by atoms with Gasteiger partial charge in [-0.1, -0.05) is 38.3 Å². The zero-order valence-electron chi connectivity index (χ0n) is 15.3. The van der Waals surface area contributed by atoms with Crippen LogP contribution in [0.25, 0.3) is 0 Å². The van der Waals surface area contributed by atoms with E-state index in [1.54, 1.807) is 42.5 Å². The number of nitrogens with one attached hydrogen (secondary N) is 3. The molecule has 2 aromatic carbocycles. The summed E-state index contributed by atoms with van der Waals surface area (Å²) in [7, 11) is 0. The molecular weight excluding hydrogens is 365 g/mol. The first-order chi connectivity index (χ1) is 13.1. The van der Waals surface area contributed by atoms with Crippen molar-refractivity contribution in [1.82, 2.24) is 10.9 Å². The van der Waals surface area contributed by atoms with Gasteiger partial charge in [0.1, 0.15) is 11.6 Å². The Bertz CT molecular complexity index is 753. The van der Waals surface area contributed by atoms with Crippen LogP contribution in [-0.2, 0) is 0 Å². The molecule has 1 amide bonds. The number of anilines is 1. The summed E-state index contributed by atoms with van der Waals surface area (Å²) in [5, 5.41) is 2.76. The van der Waals surface area contributed by atoms with Crippen molar-refractivity contribution in [2.24, 2.45) is 0 Å². The molecule has 0 aliphatic rings. The average molecular weight is 389 g/mol. The SMILES string of the molecule is CCCCCCOc1ccc(C(=O)NNC(=S)Nc2ccccc2F)cc1. The number of hydrogen-bond donors (Lipinski definition) is 3. The second kappa shape index (κ2) is 11.1. The summed E-state index contributed by atoms with van der Waals surface area (Å²) in [6.45, 7) is 2.84. The van der Waals surface area contributed by atoms with Gasteiger partial charge in [-0.3, -0.25) is 15.6 Å². The Balaban J connectivity index is 1.75. The lowest BCUT2D eigenvalue weighted by molar-refractivity contribution is 0.0944. The van der Waals surface area contributed by atoms with Gasteiger partial charge in [0.25, 0.3) is 5.91 Å². The molecule has 0 saturated heterocycles. The summed E-state index contributed by atoms with van der Waals surface area (Å²) >= 11 is 5.04. The van der Waals surface area contributed by atoms with Crippen molar-refractivity contribution in [2.75, 3.05) is 11.9 Å². The fourth-order valence-corrected chi connectivity index (χ4v) is 2.48. The Hall–Kier alpha value is -2.67. The Labute approximate surface area is 164 Å². The smallest absolute Gasteiger partial charge is 0.269 e. The molecule has 2 aromatic rings. The normalized spacial score (nSPS) is 10.1. The van der Waals surface area contributed by atoms with Crippen LogP contribution in [0.1, 0.15) is 43.0 Å². The minimum Gasteiger partial charge on any atom is -0.494 e. The molecule has 0 spiro atoms. The Morgan fingerprint density at radius 1 is 1.04 bits per heavy atom. The van der Waals surface area contributed by atoms with Gasteiger partial charge in [0.05, 0.1) is 12.3 Å². The van der Waals surface area contributed by atoms with E-state index in [9.17, 15) is 9.18 Å². The number of hydrazine groups is 1. The maximum absolute atomic E-state index is 13.6. The molecule has 0 radical (unpaired) electrons. The summed E-state index contributed by atoms with van der Waals surface area (Å²) in [4.78, 5) is 12.1. The molecule has 3 N–H and O–H groups in total. The van der Waals surface area contributed by atoms with Crippen molar-refractivity contribution < 1.29 is 13.9 Å². The highest BCUT2D eigenvalue weighted by Crippen LogP contribution is 2.13. The van der Waals surface area contributed by atoms with Crippen molar-refractivity contribution in [3.8, 4) is 5.75 Å². The molecular formula is C20H24FN3O2S. The molecule has 0 aliphatic carbocycles. The number of benzene rings is 2. The van der Waals surface area contributed by atoms with Gasteiger partial charge in [0, 0.05) is 5.56 Å². The number of ether oxygens (including phenoxy) is 1. The quantitative estimate of drug-likeness (QED) is 0.354. The molecule has 0 aliphatic heterocycles. The van der Waals surface area contributed by atoms with Crippen molar-refractivity contribution in [2.45, 2.75) is 32.6 Å². The highest BCUT2D eigenvalue weighted by atomic mass is 32.1. The zero-order valence-corrected chi connectivity index (χ0v) is 16.1. The third-order valence-corrected chi connectivity index (χ3v) is 4.00. The first-order valence-corrected chi connectivity index (χ1v) is 9.35. The maximum Gasteiger partial charge on any atom is 0.269 e. The summed E-state index contributed by atoms with van der Waals surface area (Å²) in [6, 6.07) is 13.0. The van der Waals surface area contributed by atoms with Crippen LogP contribution in [0.4, 0.5) is 10.1 Å². The van der Waals surface area contributed by atoms with Gasteiger partial charge in [0.2, 0.25) is 0 Å². The topological polar surface area (TPSA) is 62.4 Å². The summed E-state index contributed by atoms with van der Waals surface area (Å²) in [6.07, 6.45) is 4.58. The van der Waals surface area contributed by atoms with Gasteiger partial charge < -0.3 is 10.1 Å². The zero-order chi connectivity index (χ0) is 19.5. The number of hydrogen-bond acceptors (Lipinski definition) is 3. The van der Waals surface area contributed by atoms with Gasteiger partial charge in [-0.2, -0.15) is 0 Å². The predicted octanol–water partition coefficient (Wildman–Crippen LogP) is 4.42. The number of amides is 1. The molecule has 0 unspecified atom stereocenters. The molecule has 2 rings (SSSR count). The lowest BCUT2D eigenvalue weighted by atomic mass is 10.2. The molecule has 144 valence electrons. The van der Waals surface area contributed by atoms with E-state index in [4.69, 9.17) is 17.0 Å². The van der Waals surface area contributed by atoms with Crippen LogP contribution in [0.3, 0.4) is 0 Å². The maximum atomic E-state index is 13.6. The summed E-state index contributed by atoms with van der Waals surface area (Å²) < 4.78 is 19.2. The molecule has 7 heteroatoms. The molecule has 0 saturated carbocycles. The Morgan fingerprint density at radius 2 is 1.78 bits per heavy atom. The Kier molecular flexibility index (Phi) is 8.51. The van der Waals surface area contributed by atoms with E-state index in [-0.39, 0.29) is 16.7 Å². The van der Waals surface area contributed by atoms with Crippen LogP contribution in [0.2, 0.25) is 0 Å². The van der Waals surface area contributed by atoms with E-state index in [2.05, 4.69) is 23.1 Å². The first kappa shape index (κ1) is 20.6. The van der Waals surface area contributed by atoms with Gasteiger partial charge in [-0.15, -0.1) is 0 Å². The molecule has 27 heavy (non-hydrogen) atoms. The van der Waals surface area contributed by atoms with E-state index >= 15 is 0 Å². The lowest BCUT2D eigenvalue weighted by Crippen LogP contribution is -2.43. The standard InChI is InChI=1S/C20H24FN3O2S/c1-2-3-4-7-14-26-16-12-10-15(11-13-16)19(25)23-24-20(27)22-18-9-6-5-8-17(18)21/h5-6,8-13H,2-4,7,14H2,1H3,(H,23,25)(H2,22,24,27). The van der Waals surface area contributed by atoms with Gasteiger partial charge in [-0.05, 0) is 55.0 Å². The van der Waals surface area contributed by atoms with E-state index in [1.807, 2.05) is 0 Å². The lowest BCUT2D eigenvalue weighted by Gasteiger charge is -2.12. The van der Waals surface area contributed by atoms with E-state index in [0.29, 0.717) is 12.2 Å². The van der Waals surface area contributed by atoms with Gasteiger partial charge in [-0.25, -0.2) is 4.39 Å². The van der Waals surface area contributed by atoms with Crippen molar-refractivity contribution >= 4 is 28.9 Å². The van der Waals surface area contributed by atoms with Crippen molar-refractivity contribution in [3.63, 3.8) is 0 Å². The number of carbonyl (C=O) groups excluding carboxylic acids is 1. The van der Waals surface area contributed by atoms with Crippen LogP contribution in [0.5, 0.6) is 5.75 Å².